The molecule has 46 heavy (non-hydrogen) atoms. The smallest absolute Gasteiger partial charge is 0.169 e. The van der Waals surface area contributed by atoms with Crippen molar-refractivity contribution < 1.29 is 14.2 Å². The number of fused-ring (bicyclic) bond motifs is 1. The molecule has 0 N–H and O–H groups in total. The van der Waals surface area contributed by atoms with Crippen LogP contribution < -0.4 is 0 Å². The Morgan fingerprint density at radius 2 is 1.00 bits per heavy atom. The molecule has 2 fully saturated rings. The number of ether oxygens (including phenoxy) is 3. The lowest BCUT2D eigenvalue weighted by molar-refractivity contribution is -0.193. The number of hydrogen-bond donors (Lipinski definition) is 0. The van der Waals surface area contributed by atoms with Gasteiger partial charge in [-0.15, -0.1) is 0 Å². The number of rotatable bonds is 32. The summed E-state index contributed by atoms with van der Waals surface area (Å²) in [5.74, 6) is 0.419. The summed E-state index contributed by atoms with van der Waals surface area (Å²) in [6.45, 7) is 7.59. The standard InChI is InChI=1S/C42H79NO3/c1-5-7-9-10-11-12-13-14-15-16-17-18-19-22-25-28-32-42(45-40-36-39(38-43(3)4)37-41(40)46-42)33-29-26-23-20-21-24-27-31-35-44-34-30-8-6-2/h11-12,14-15,39-41H,5-10,13,16-38H2,1-4H3/b12-11-,15-14-/t39?,40-,41?,42?/m0/s1. The highest BCUT2D eigenvalue weighted by Gasteiger charge is 2.50. The molecule has 1 saturated heterocycles. The third-order valence-corrected chi connectivity index (χ3v) is 10.1. The van der Waals surface area contributed by atoms with Crippen LogP contribution in [0, 0.1) is 5.92 Å². The van der Waals surface area contributed by atoms with Crippen LogP contribution in [0.1, 0.15) is 187 Å². The second-order valence-electron chi connectivity index (χ2n) is 15.1. The Bertz CT molecular complexity index is 720. The average Bonchev–Trinajstić information content (AvgIpc) is 3.55. The average molecular weight is 646 g/mol. The van der Waals surface area contributed by atoms with Gasteiger partial charge in [-0.1, -0.05) is 128 Å². The first-order valence-electron chi connectivity index (χ1n) is 20.5. The monoisotopic (exact) mass is 646 g/mol. The highest BCUT2D eigenvalue weighted by Crippen LogP contribution is 2.45. The predicted octanol–water partition coefficient (Wildman–Crippen LogP) is 12.4. The molecule has 2 rings (SSSR count). The lowest BCUT2D eigenvalue weighted by Crippen LogP contribution is -2.33. The maximum absolute atomic E-state index is 6.86. The molecule has 1 heterocycles. The van der Waals surface area contributed by atoms with Crippen LogP contribution in [0.25, 0.3) is 0 Å². The molecule has 0 amide bonds. The number of allylic oxidation sites excluding steroid dienone is 4. The van der Waals surface area contributed by atoms with E-state index in [-0.39, 0.29) is 5.79 Å². The number of nitrogens with zero attached hydrogens (tertiary/aromatic N) is 1. The van der Waals surface area contributed by atoms with E-state index in [9.17, 15) is 0 Å². The summed E-state index contributed by atoms with van der Waals surface area (Å²) in [6, 6.07) is 0. The first-order valence-corrected chi connectivity index (χ1v) is 20.5. The Morgan fingerprint density at radius 1 is 0.565 bits per heavy atom. The second-order valence-corrected chi connectivity index (χ2v) is 15.1. The minimum atomic E-state index is -0.301. The fourth-order valence-corrected chi connectivity index (χ4v) is 7.51. The molecule has 0 bridgehead atoms. The zero-order valence-corrected chi connectivity index (χ0v) is 31.4. The van der Waals surface area contributed by atoms with Crippen molar-refractivity contribution in [3.63, 3.8) is 0 Å². The second kappa shape index (κ2) is 28.2. The van der Waals surface area contributed by atoms with Crippen LogP contribution in [0.5, 0.6) is 0 Å². The molecular formula is C42H79NO3. The molecule has 4 nitrogen and oxygen atoms in total. The van der Waals surface area contributed by atoms with Gasteiger partial charge < -0.3 is 19.1 Å². The van der Waals surface area contributed by atoms with Crippen molar-refractivity contribution in [1.82, 2.24) is 4.90 Å². The topological polar surface area (TPSA) is 30.9 Å². The Morgan fingerprint density at radius 3 is 1.52 bits per heavy atom. The molecule has 0 aromatic rings. The van der Waals surface area contributed by atoms with Crippen LogP contribution in [0.2, 0.25) is 0 Å². The van der Waals surface area contributed by atoms with Crippen molar-refractivity contribution >= 4 is 0 Å². The molecule has 1 aliphatic heterocycles. The van der Waals surface area contributed by atoms with Gasteiger partial charge in [0, 0.05) is 32.6 Å². The van der Waals surface area contributed by atoms with E-state index in [1.54, 1.807) is 0 Å². The summed E-state index contributed by atoms with van der Waals surface area (Å²) in [5, 5.41) is 0. The zero-order valence-electron chi connectivity index (χ0n) is 31.4. The first-order chi connectivity index (χ1) is 22.6. The van der Waals surface area contributed by atoms with E-state index < -0.39 is 0 Å². The molecule has 0 spiro atoms. The third-order valence-electron chi connectivity index (χ3n) is 10.1. The summed E-state index contributed by atoms with van der Waals surface area (Å²) in [4.78, 5) is 2.32. The van der Waals surface area contributed by atoms with Gasteiger partial charge in [-0.2, -0.15) is 0 Å². The van der Waals surface area contributed by atoms with Crippen molar-refractivity contribution in [1.29, 1.82) is 0 Å². The van der Waals surface area contributed by atoms with Crippen LogP contribution in [0.4, 0.5) is 0 Å². The summed E-state index contributed by atoms with van der Waals surface area (Å²) in [6.07, 6.45) is 44.6. The Balaban J connectivity index is 1.56. The van der Waals surface area contributed by atoms with Gasteiger partial charge in [0.05, 0.1) is 12.2 Å². The van der Waals surface area contributed by atoms with Gasteiger partial charge in [0.2, 0.25) is 0 Å². The molecule has 1 aliphatic carbocycles. The first kappa shape index (κ1) is 41.5. The zero-order chi connectivity index (χ0) is 33.0. The van der Waals surface area contributed by atoms with Crippen LogP contribution in [0.15, 0.2) is 24.3 Å². The van der Waals surface area contributed by atoms with Gasteiger partial charge in [-0.05, 0) is 90.6 Å². The van der Waals surface area contributed by atoms with E-state index in [4.69, 9.17) is 14.2 Å². The minimum absolute atomic E-state index is 0.301. The fraction of sp³-hybridized carbons (Fsp3) is 0.905. The van der Waals surface area contributed by atoms with Crippen LogP contribution in [0.3, 0.4) is 0 Å². The van der Waals surface area contributed by atoms with E-state index in [1.165, 1.54) is 154 Å². The maximum atomic E-state index is 6.86. The van der Waals surface area contributed by atoms with Crippen molar-refractivity contribution in [3.05, 3.63) is 24.3 Å². The molecular weight excluding hydrogens is 566 g/mol. The highest BCUT2D eigenvalue weighted by molar-refractivity contribution is 4.95. The Hall–Kier alpha value is -0.680. The largest absolute Gasteiger partial charge is 0.381 e. The number of unbranched alkanes of at least 4 members (excludes halogenated alkanes) is 18. The summed E-state index contributed by atoms with van der Waals surface area (Å²) >= 11 is 0. The van der Waals surface area contributed by atoms with Crippen LogP contribution in [-0.4, -0.2) is 56.7 Å². The van der Waals surface area contributed by atoms with Gasteiger partial charge in [-0.25, -0.2) is 0 Å². The van der Waals surface area contributed by atoms with E-state index in [1.807, 2.05) is 0 Å². The Labute approximate surface area is 287 Å². The van der Waals surface area contributed by atoms with E-state index in [0.29, 0.717) is 12.2 Å². The molecule has 2 aliphatic rings. The van der Waals surface area contributed by atoms with Crippen molar-refractivity contribution in [2.75, 3.05) is 33.9 Å². The lowest BCUT2D eigenvalue weighted by Gasteiger charge is -2.30. The third kappa shape index (κ3) is 20.6. The summed E-state index contributed by atoms with van der Waals surface area (Å²) in [5.41, 5.74) is 0. The van der Waals surface area contributed by atoms with Gasteiger partial charge in [0.15, 0.2) is 5.79 Å². The van der Waals surface area contributed by atoms with Crippen molar-refractivity contribution in [3.8, 4) is 0 Å². The molecule has 0 radical (unpaired) electrons. The minimum Gasteiger partial charge on any atom is -0.381 e. The van der Waals surface area contributed by atoms with E-state index in [0.717, 1.165) is 44.9 Å². The maximum Gasteiger partial charge on any atom is 0.169 e. The summed E-state index contributed by atoms with van der Waals surface area (Å²) in [7, 11) is 4.38. The molecule has 0 aromatic heterocycles. The highest BCUT2D eigenvalue weighted by atomic mass is 16.8. The van der Waals surface area contributed by atoms with Gasteiger partial charge in [0.25, 0.3) is 0 Å². The quantitative estimate of drug-likeness (QED) is 0.0538. The molecule has 0 aromatic carbocycles. The van der Waals surface area contributed by atoms with E-state index >= 15 is 0 Å². The predicted molar refractivity (Wildman–Crippen MR) is 200 cm³/mol. The molecule has 1 saturated carbocycles. The Kier molecular flexibility index (Phi) is 25.4. The molecule has 270 valence electrons. The normalized spacial score (nSPS) is 23.1. The van der Waals surface area contributed by atoms with E-state index in [2.05, 4.69) is 57.1 Å². The molecule has 3 unspecified atom stereocenters. The molecule has 4 heteroatoms. The van der Waals surface area contributed by atoms with Crippen molar-refractivity contribution in [2.45, 2.75) is 205 Å². The van der Waals surface area contributed by atoms with Crippen molar-refractivity contribution in [2.24, 2.45) is 5.92 Å². The summed E-state index contributed by atoms with van der Waals surface area (Å²) < 4.78 is 19.5. The van der Waals surface area contributed by atoms with Crippen LogP contribution >= 0.6 is 0 Å². The lowest BCUT2D eigenvalue weighted by atomic mass is 9.98. The van der Waals surface area contributed by atoms with Gasteiger partial charge in [-0.3, -0.25) is 0 Å². The number of hydrogen-bond acceptors (Lipinski definition) is 4. The SMILES string of the molecule is CCCCC/C=C\C/C=C\CCCCCCCCC1(CCCCCCCCCCOCCCCC)OC2CC(CN(C)C)C[C@@H]2O1. The van der Waals surface area contributed by atoms with Crippen LogP contribution in [-0.2, 0) is 14.2 Å². The fourth-order valence-electron chi connectivity index (χ4n) is 7.51. The van der Waals surface area contributed by atoms with Gasteiger partial charge >= 0.3 is 0 Å². The molecule has 4 atom stereocenters. The van der Waals surface area contributed by atoms with Gasteiger partial charge in [0.1, 0.15) is 0 Å².